The number of ketones is 1. The van der Waals surface area contributed by atoms with Crippen LogP contribution >= 0.6 is 0 Å². The number of hydrogen-bond acceptors (Lipinski definition) is 2. The summed E-state index contributed by atoms with van der Waals surface area (Å²) < 4.78 is 0. The fourth-order valence-electron chi connectivity index (χ4n) is 2.43. The van der Waals surface area contributed by atoms with Crippen molar-refractivity contribution in [1.29, 1.82) is 0 Å². The molecule has 0 saturated carbocycles. The minimum atomic E-state index is -0.230. The van der Waals surface area contributed by atoms with Crippen LogP contribution in [0.4, 0.5) is 0 Å². The third-order valence-corrected chi connectivity index (χ3v) is 3.42. The molecule has 3 nitrogen and oxygen atoms in total. The van der Waals surface area contributed by atoms with E-state index in [0.717, 1.165) is 24.0 Å². The lowest BCUT2D eigenvalue weighted by Crippen LogP contribution is -2.28. The molecule has 0 bridgehead atoms. The summed E-state index contributed by atoms with van der Waals surface area (Å²) in [6.07, 6.45) is 2.65. The highest BCUT2D eigenvalue weighted by Crippen LogP contribution is 2.34. The average Bonchev–Trinajstić information content (AvgIpc) is 2.72. The molecule has 1 aliphatic rings. The van der Waals surface area contributed by atoms with Crippen LogP contribution in [0.1, 0.15) is 49.0 Å². The van der Waals surface area contributed by atoms with Gasteiger partial charge in [0.2, 0.25) is 0 Å². The Morgan fingerprint density at radius 1 is 1.16 bits per heavy atom. The van der Waals surface area contributed by atoms with Gasteiger partial charge in [0.05, 0.1) is 5.57 Å². The first-order valence-electron chi connectivity index (χ1n) is 6.86. The molecule has 1 N–H and O–H groups in total. The largest absolute Gasteiger partial charge is 0.352 e. The summed E-state index contributed by atoms with van der Waals surface area (Å²) in [6, 6.07) is 7.44. The molecule has 0 aromatic heterocycles. The Morgan fingerprint density at radius 2 is 1.84 bits per heavy atom. The Labute approximate surface area is 113 Å². The zero-order chi connectivity index (χ0) is 13.8. The maximum absolute atomic E-state index is 12.3. The molecule has 1 aromatic carbocycles. The molecule has 1 amide bonds. The zero-order valence-electron chi connectivity index (χ0n) is 11.5. The lowest BCUT2D eigenvalue weighted by molar-refractivity contribution is -0.117. The number of fused-ring (bicyclic) bond motifs is 1. The van der Waals surface area contributed by atoms with E-state index < -0.39 is 0 Å². The second kappa shape index (κ2) is 5.83. The van der Waals surface area contributed by atoms with Gasteiger partial charge in [0.15, 0.2) is 5.78 Å². The van der Waals surface area contributed by atoms with E-state index in [2.05, 4.69) is 12.2 Å². The van der Waals surface area contributed by atoms with Crippen molar-refractivity contribution in [3.63, 3.8) is 0 Å². The molecule has 19 heavy (non-hydrogen) atoms. The number of Topliss-reactive ketones (excluding diaryl/α,β-unsaturated/α-hetero) is 1. The van der Waals surface area contributed by atoms with Gasteiger partial charge in [-0.25, -0.2) is 0 Å². The van der Waals surface area contributed by atoms with Crippen LogP contribution in [-0.2, 0) is 4.79 Å². The van der Waals surface area contributed by atoms with Crippen molar-refractivity contribution in [3.05, 3.63) is 41.0 Å². The summed E-state index contributed by atoms with van der Waals surface area (Å²) in [7, 11) is 0. The van der Waals surface area contributed by atoms with E-state index >= 15 is 0 Å². The highest BCUT2D eigenvalue weighted by atomic mass is 16.2. The summed E-state index contributed by atoms with van der Waals surface area (Å²) in [5, 5.41) is 2.84. The van der Waals surface area contributed by atoms with E-state index in [1.54, 1.807) is 6.07 Å². The number of amides is 1. The molecular weight excluding hydrogens is 238 g/mol. The summed E-state index contributed by atoms with van der Waals surface area (Å²) in [5.41, 5.74) is 2.77. The van der Waals surface area contributed by atoms with Gasteiger partial charge in [-0.1, -0.05) is 44.5 Å². The van der Waals surface area contributed by atoms with Crippen LogP contribution in [0.3, 0.4) is 0 Å². The number of carbonyl (C=O) groups is 2. The molecule has 0 fully saturated rings. The van der Waals surface area contributed by atoms with Crippen LogP contribution in [0.5, 0.6) is 0 Å². The third kappa shape index (κ3) is 2.46. The van der Waals surface area contributed by atoms with Crippen LogP contribution in [0.25, 0.3) is 5.57 Å². The molecule has 0 aliphatic heterocycles. The van der Waals surface area contributed by atoms with Crippen molar-refractivity contribution in [3.8, 4) is 0 Å². The fraction of sp³-hybridized carbons (Fsp3) is 0.375. The summed E-state index contributed by atoms with van der Waals surface area (Å²) in [5.74, 6) is -0.368. The normalized spacial score (nSPS) is 13.7. The Balaban J connectivity index is 2.29. The highest BCUT2D eigenvalue weighted by molar-refractivity contribution is 6.34. The van der Waals surface area contributed by atoms with E-state index in [9.17, 15) is 9.59 Å². The van der Waals surface area contributed by atoms with Crippen LogP contribution in [0, 0.1) is 0 Å². The van der Waals surface area contributed by atoms with Gasteiger partial charge in [-0.2, -0.15) is 0 Å². The molecule has 0 radical (unpaired) electrons. The molecule has 2 rings (SSSR count). The van der Waals surface area contributed by atoms with Gasteiger partial charge >= 0.3 is 0 Å². The summed E-state index contributed by atoms with van der Waals surface area (Å²) >= 11 is 0. The molecule has 0 heterocycles. The molecule has 0 atom stereocenters. The molecule has 1 aromatic rings. The van der Waals surface area contributed by atoms with Crippen LogP contribution in [-0.4, -0.2) is 18.2 Å². The maximum Gasteiger partial charge on any atom is 0.255 e. The Morgan fingerprint density at radius 3 is 2.47 bits per heavy atom. The van der Waals surface area contributed by atoms with Crippen molar-refractivity contribution in [2.24, 2.45) is 0 Å². The summed E-state index contributed by atoms with van der Waals surface area (Å²) in [4.78, 5) is 24.5. The number of rotatable bonds is 5. The van der Waals surface area contributed by atoms with Gasteiger partial charge in [0, 0.05) is 12.1 Å². The predicted molar refractivity (Wildman–Crippen MR) is 75.9 cm³/mol. The standard InChI is InChI=1S/C16H19NO2/c1-3-5-10-17-16(19)14-11(4-2)12-8-6-7-9-13(12)15(14)18/h6-9H,3-5,10H2,1-2H3,(H,17,19). The van der Waals surface area contributed by atoms with Crippen LogP contribution in [0.2, 0.25) is 0 Å². The topological polar surface area (TPSA) is 46.2 Å². The van der Waals surface area contributed by atoms with Crippen LogP contribution < -0.4 is 5.32 Å². The van der Waals surface area contributed by atoms with E-state index in [0.29, 0.717) is 24.1 Å². The minimum Gasteiger partial charge on any atom is -0.352 e. The molecule has 100 valence electrons. The Kier molecular flexibility index (Phi) is 4.15. The van der Waals surface area contributed by atoms with E-state index in [1.807, 2.05) is 25.1 Å². The highest BCUT2D eigenvalue weighted by Gasteiger charge is 2.32. The smallest absolute Gasteiger partial charge is 0.255 e. The number of nitrogens with one attached hydrogen (secondary N) is 1. The first-order valence-corrected chi connectivity index (χ1v) is 6.86. The molecule has 0 saturated heterocycles. The number of unbranched alkanes of at least 4 members (excludes halogenated alkanes) is 1. The lowest BCUT2D eigenvalue weighted by atomic mass is 10.0. The van der Waals surface area contributed by atoms with Crippen molar-refractivity contribution >= 4 is 17.3 Å². The van der Waals surface area contributed by atoms with Gasteiger partial charge in [-0.05, 0) is 24.0 Å². The van der Waals surface area contributed by atoms with Gasteiger partial charge in [0.1, 0.15) is 0 Å². The molecule has 3 heteroatoms. The van der Waals surface area contributed by atoms with Gasteiger partial charge in [-0.3, -0.25) is 9.59 Å². The van der Waals surface area contributed by atoms with Gasteiger partial charge < -0.3 is 5.32 Å². The quantitative estimate of drug-likeness (QED) is 0.651. The maximum atomic E-state index is 12.3. The molecule has 0 unspecified atom stereocenters. The van der Waals surface area contributed by atoms with Crippen LogP contribution in [0.15, 0.2) is 29.8 Å². The SMILES string of the molecule is CCCCNC(=O)C1=C(CC)c2ccccc2C1=O. The average molecular weight is 257 g/mol. The summed E-state index contributed by atoms with van der Waals surface area (Å²) in [6.45, 7) is 4.67. The molecule has 0 spiro atoms. The first-order chi connectivity index (χ1) is 9.20. The second-order valence-electron chi connectivity index (χ2n) is 4.69. The minimum absolute atomic E-state index is 0.138. The van der Waals surface area contributed by atoms with E-state index in [1.165, 1.54) is 0 Å². The van der Waals surface area contributed by atoms with Crippen molar-refractivity contribution in [2.75, 3.05) is 6.54 Å². The van der Waals surface area contributed by atoms with E-state index in [-0.39, 0.29) is 11.7 Å². The number of allylic oxidation sites excluding steroid dienone is 1. The van der Waals surface area contributed by atoms with E-state index in [4.69, 9.17) is 0 Å². The van der Waals surface area contributed by atoms with Crippen molar-refractivity contribution in [1.82, 2.24) is 5.32 Å². The van der Waals surface area contributed by atoms with Gasteiger partial charge in [0.25, 0.3) is 5.91 Å². The molecular formula is C16H19NO2. The van der Waals surface area contributed by atoms with Crippen molar-refractivity contribution < 1.29 is 9.59 Å². The monoisotopic (exact) mass is 257 g/mol. The predicted octanol–water partition coefficient (Wildman–Crippen LogP) is 2.96. The Hall–Kier alpha value is -1.90. The number of carbonyl (C=O) groups excluding carboxylic acids is 2. The zero-order valence-corrected chi connectivity index (χ0v) is 11.5. The molecule has 1 aliphatic carbocycles. The first kappa shape index (κ1) is 13.5. The fourth-order valence-corrected chi connectivity index (χ4v) is 2.43. The number of hydrogen-bond donors (Lipinski definition) is 1. The third-order valence-electron chi connectivity index (χ3n) is 3.42. The number of benzene rings is 1. The van der Waals surface area contributed by atoms with Crippen molar-refractivity contribution in [2.45, 2.75) is 33.1 Å². The lowest BCUT2D eigenvalue weighted by Gasteiger charge is -2.06. The Bertz CT molecular complexity index is 543. The second-order valence-corrected chi connectivity index (χ2v) is 4.69. The van der Waals surface area contributed by atoms with Gasteiger partial charge in [-0.15, -0.1) is 0 Å².